The highest BCUT2D eigenvalue weighted by Gasteiger charge is 1.96. The summed E-state index contributed by atoms with van der Waals surface area (Å²) in [5.41, 5.74) is 6.99. The Hall–Kier alpha value is -1.88. The molecule has 0 amide bonds. The summed E-state index contributed by atoms with van der Waals surface area (Å²) in [5, 5.41) is 3.10. The normalized spacial score (nSPS) is 9.87. The van der Waals surface area contributed by atoms with Crippen LogP contribution in [0.4, 0.5) is 17.2 Å². The van der Waals surface area contributed by atoms with Gasteiger partial charge in [0.15, 0.2) is 0 Å². The smallest absolute Gasteiger partial charge is 0.130 e. The van der Waals surface area contributed by atoms with Crippen molar-refractivity contribution in [2.24, 2.45) is 0 Å². The van der Waals surface area contributed by atoms with Gasteiger partial charge >= 0.3 is 0 Å². The molecule has 2 aromatic rings. The van der Waals surface area contributed by atoms with Crippen molar-refractivity contribution in [1.82, 2.24) is 9.97 Å². The molecule has 0 saturated carbocycles. The number of nitrogens with one attached hydrogen (secondary N) is 2. The van der Waals surface area contributed by atoms with E-state index in [0.717, 1.165) is 11.5 Å². The van der Waals surface area contributed by atoms with Crippen molar-refractivity contribution in [3.05, 3.63) is 41.3 Å². The van der Waals surface area contributed by atoms with E-state index in [1.54, 1.807) is 24.5 Å². The average molecular weight is 218 g/mol. The second-order valence-corrected chi connectivity index (χ2v) is 3.42. The fourth-order valence-corrected chi connectivity index (χ4v) is 1.32. The molecular formula is C10H10N4S. The minimum atomic E-state index is 0.638. The van der Waals surface area contributed by atoms with E-state index in [0.29, 0.717) is 10.3 Å². The molecule has 0 bridgehead atoms. The summed E-state index contributed by atoms with van der Waals surface area (Å²) in [6.07, 6.45) is 3.38. The first-order valence-electron chi connectivity index (χ1n) is 4.42. The highest BCUT2D eigenvalue weighted by atomic mass is 32.1. The number of H-pyrrole nitrogens is 1. The van der Waals surface area contributed by atoms with Gasteiger partial charge in [-0.3, -0.25) is 0 Å². The molecule has 4 N–H and O–H groups in total. The van der Waals surface area contributed by atoms with Crippen LogP contribution in [-0.2, 0) is 0 Å². The Kier molecular flexibility index (Phi) is 2.64. The van der Waals surface area contributed by atoms with Crippen LogP contribution in [0.3, 0.4) is 0 Å². The molecule has 2 aromatic heterocycles. The second kappa shape index (κ2) is 4.10. The summed E-state index contributed by atoms with van der Waals surface area (Å²) in [5.74, 6) is 0.718. The molecule has 0 unspecified atom stereocenters. The van der Waals surface area contributed by atoms with E-state index < -0.39 is 0 Å². The van der Waals surface area contributed by atoms with Crippen molar-refractivity contribution >= 4 is 29.4 Å². The van der Waals surface area contributed by atoms with Crippen LogP contribution in [0.15, 0.2) is 36.7 Å². The third-order valence-electron chi connectivity index (χ3n) is 1.87. The third kappa shape index (κ3) is 2.32. The molecule has 5 heteroatoms. The maximum Gasteiger partial charge on any atom is 0.130 e. The molecule has 0 radical (unpaired) electrons. The van der Waals surface area contributed by atoms with Crippen LogP contribution >= 0.6 is 12.2 Å². The Bertz CT molecular complexity index is 503. The Labute approximate surface area is 92.2 Å². The third-order valence-corrected chi connectivity index (χ3v) is 2.21. The first kappa shape index (κ1) is 9.67. The van der Waals surface area contributed by atoms with E-state index in [2.05, 4.69) is 15.3 Å². The predicted octanol–water partition coefficient (Wildman–Crippen LogP) is 2.46. The van der Waals surface area contributed by atoms with Gasteiger partial charge in [0, 0.05) is 6.20 Å². The molecule has 76 valence electrons. The molecule has 15 heavy (non-hydrogen) atoms. The van der Waals surface area contributed by atoms with E-state index in [9.17, 15) is 0 Å². The van der Waals surface area contributed by atoms with Crippen molar-refractivity contribution < 1.29 is 0 Å². The zero-order valence-electron chi connectivity index (χ0n) is 7.90. The molecule has 0 spiro atoms. The van der Waals surface area contributed by atoms with Crippen molar-refractivity contribution in [2.45, 2.75) is 0 Å². The van der Waals surface area contributed by atoms with Crippen LogP contribution < -0.4 is 11.1 Å². The van der Waals surface area contributed by atoms with E-state index in [1.807, 2.05) is 12.1 Å². The number of anilines is 3. The second-order valence-electron chi connectivity index (χ2n) is 3.01. The zero-order chi connectivity index (χ0) is 10.7. The van der Waals surface area contributed by atoms with E-state index in [4.69, 9.17) is 18.0 Å². The lowest BCUT2D eigenvalue weighted by atomic mass is 10.4. The molecule has 0 atom stereocenters. The number of rotatable bonds is 2. The van der Waals surface area contributed by atoms with Gasteiger partial charge in [0.2, 0.25) is 0 Å². The Balaban J connectivity index is 2.26. The van der Waals surface area contributed by atoms with E-state index >= 15 is 0 Å². The number of aromatic amines is 1. The molecule has 0 fully saturated rings. The summed E-state index contributed by atoms with van der Waals surface area (Å²) in [7, 11) is 0. The molecule has 0 aliphatic heterocycles. The van der Waals surface area contributed by atoms with Gasteiger partial charge in [-0.05, 0) is 24.3 Å². The molecule has 2 rings (SSSR count). The molecule has 0 saturated heterocycles. The number of aromatic nitrogens is 2. The standard InChI is InChI=1S/C10H10N4S/c11-7-3-4-9(13-6-7)14-8-2-1-5-12-10(8)15/h1-6H,11H2,(H,12,15)(H,13,14). The number of hydrogen-bond donors (Lipinski definition) is 3. The maximum absolute atomic E-state index is 5.53. The van der Waals surface area contributed by atoms with E-state index in [1.165, 1.54) is 0 Å². The number of nitrogens with zero attached hydrogens (tertiary/aromatic N) is 1. The van der Waals surface area contributed by atoms with Crippen LogP contribution in [0, 0.1) is 4.64 Å². The van der Waals surface area contributed by atoms with Gasteiger partial charge in [-0.2, -0.15) is 0 Å². The molecule has 0 aliphatic rings. The van der Waals surface area contributed by atoms with Gasteiger partial charge in [-0.15, -0.1) is 0 Å². The molecule has 0 aromatic carbocycles. The monoisotopic (exact) mass is 218 g/mol. The average Bonchev–Trinajstić information content (AvgIpc) is 2.25. The minimum Gasteiger partial charge on any atom is -0.397 e. The van der Waals surface area contributed by atoms with Crippen LogP contribution in [-0.4, -0.2) is 9.97 Å². The number of nitrogen functional groups attached to an aromatic ring is 1. The molecular weight excluding hydrogens is 208 g/mol. The molecule has 2 heterocycles. The Morgan fingerprint density at radius 2 is 2.20 bits per heavy atom. The van der Waals surface area contributed by atoms with Crippen molar-refractivity contribution in [2.75, 3.05) is 11.1 Å². The predicted molar refractivity (Wildman–Crippen MR) is 63.6 cm³/mol. The Morgan fingerprint density at radius 3 is 2.87 bits per heavy atom. The van der Waals surface area contributed by atoms with Gasteiger partial charge in [-0.25, -0.2) is 4.98 Å². The molecule has 4 nitrogen and oxygen atoms in total. The van der Waals surface area contributed by atoms with Crippen molar-refractivity contribution in [3.63, 3.8) is 0 Å². The first-order valence-corrected chi connectivity index (χ1v) is 4.83. The summed E-state index contributed by atoms with van der Waals surface area (Å²) in [4.78, 5) is 7.05. The van der Waals surface area contributed by atoms with Crippen molar-refractivity contribution in [1.29, 1.82) is 0 Å². The van der Waals surface area contributed by atoms with E-state index in [-0.39, 0.29) is 0 Å². The van der Waals surface area contributed by atoms with Crippen molar-refractivity contribution in [3.8, 4) is 0 Å². The fourth-order valence-electron chi connectivity index (χ4n) is 1.14. The van der Waals surface area contributed by atoms with Gasteiger partial charge < -0.3 is 16.0 Å². The van der Waals surface area contributed by atoms with Crippen LogP contribution in [0.1, 0.15) is 0 Å². The van der Waals surface area contributed by atoms with Gasteiger partial charge in [0.25, 0.3) is 0 Å². The summed E-state index contributed by atoms with van der Waals surface area (Å²) in [6, 6.07) is 7.34. The summed E-state index contributed by atoms with van der Waals surface area (Å²) >= 11 is 5.11. The SMILES string of the molecule is Nc1ccc(Nc2ccc[nH]c2=S)nc1. The topological polar surface area (TPSA) is 66.7 Å². The van der Waals surface area contributed by atoms with Gasteiger partial charge in [0.1, 0.15) is 10.5 Å². The van der Waals surface area contributed by atoms with Crippen LogP contribution in [0.5, 0.6) is 0 Å². The van der Waals surface area contributed by atoms with Crippen LogP contribution in [0.25, 0.3) is 0 Å². The lowest BCUT2D eigenvalue weighted by Crippen LogP contribution is -1.95. The first-order chi connectivity index (χ1) is 7.25. The maximum atomic E-state index is 5.53. The Morgan fingerprint density at radius 1 is 1.33 bits per heavy atom. The fraction of sp³-hybridized carbons (Fsp3) is 0. The number of pyridine rings is 2. The van der Waals surface area contributed by atoms with Gasteiger partial charge in [-0.1, -0.05) is 12.2 Å². The van der Waals surface area contributed by atoms with Gasteiger partial charge in [0.05, 0.1) is 17.6 Å². The number of hydrogen-bond acceptors (Lipinski definition) is 4. The van der Waals surface area contributed by atoms with Crippen LogP contribution in [0.2, 0.25) is 0 Å². The number of nitrogens with two attached hydrogens (primary N) is 1. The highest BCUT2D eigenvalue weighted by molar-refractivity contribution is 7.71. The summed E-state index contributed by atoms with van der Waals surface area (Å²) < 4.78 is 0.649. The quantitative estimate of drug-likeness (QED) is 0.677. The zero-order valence-corrected chi connectivity index (χ0v) is 8.71. The lowest BCUT2D eigenvalue weighted by Gasteiger charge is -2.04. The highest BCUT2D eigenvalue weighted by Crippen LogP contribution is 2.14. The summed E-state index contributed by atoms with van der Waals surface area (Å²) in [6.45, 7) is 0. The molecule has 0 aliphatic carbocycles. The largest absolute Gasteiger partial charge is 0.397 e. The lowest BCUT2D eigenvalue weighted by molar-refractivity contribution is 1.26. The minimum absolute atomic E-state index is 0.638.